The molecule has 0 aromatic heterocycles. The molecular weight excluding hydrogens is 391 g/mol. The van der Waals surface area contributed by atoms with Gasteiger partial charge in [-0.25, -0.2) is 0 Å². The SMILES string of the molecule is C=C1C=C[C@]2(Br)OC3C[C@](C)(Cl)[C@@H](Br)C[C@]13C2(C)C. The van der Waals surface area contributed by atoms with Gasteiger partial charge in [-0.05, 0) is 47.3 Å². The second-order valence-corrected chi connectivity index (χ2v) is 10.0. The lowest BCUT2D eigenvalue weighted by Crippen LogP contribution is -2.56. The summed E-state index contributed by atoms with van der Waals surface area (Å²) in [6.45, 7) is 11.0. The second-order valence-electron chi connectivity index (χ2n) is 6.86. The topological polar surface area (TPSA) is 9.23 Å². The fourth-order valence-corrected chi connectivity index (χ4v) is 5.72. The highest BCUT2D eigenvalue weighted by Crippen LogP contribution is 2.72. The molecule has 1 nitrogen and oxygen atoms in total. The van der Waals surface area contributed by atoms with Crippen molar-refractivity contribution < 1.29 is 4.74 Å². The molecule has 3 aliphatic rings. The van der Waals surface area contributed by atoms with Gasteiger partial charge in [0, 0.05) is 15.7 Å². The van der Waals surface area contributed by atoms with Crippen LogP contribution in [-0.4, -0.2) is 20.3 Å². The Morgan fingerprint density at radius 2 is 2.00 bits per heavy atom. The van der Waals surface area contributed by atoms with E-state index in [1.54, 1.807) is 0 Å². The van der Waals surface area contributed by atoms with Gasteiger partial charge in [-0.15, -0.1) is 11.6 Å². The zero-order valence-electron chi connectivity index (χ0n) is 11.5. The Kier molecular flexibility index (Phi) is 3.01. The van der Waals surface area contributed by atoms with Crippen LogP contribution in [0.25, 0.3) is 0 Å². The molecule has 1 saturated carbocycles. The van der Waals surface area contributed by atoms with E-state index in [2.05, 4.69) is 71.4 Å². The van der Waals surface area contributed by atoms with Crippen LogP contribution in [0.3, 0.4) is 0 Å². The maximum Gasteiger partial charge on any atom is 0.147 e. The first-order valence-corrected chi connectivity index (χ1v) is 8.74. The Morgan fingerprint density at radius 3 is 2.63 bits per heavy atom. The molecule has 4 heteroatoms. The summed E-state index contributed by atoms with van der Waals surface area (Å²) in [6, 6.07) is 0. The van der Waals surface area contributed by atoms with Crippen LogP contribution in [-0.2, 0) is 4.74 Å². The van der Waals surface area contributed by atoms with Gasteiger partial charge in [0.05, 0.1) is 11.0 Å². The van der Waals surface area contributed by atoms with Crippen molar-refractivity contribution in [2.75, 3.05) is 0 Å². The number of halogens is 3. The van der Waals surface area contributed by atoms with Gasteiger partial charge in [0.25, 0.3) is 0 Å². The summed E-state index contributed by atoms with van der Waals surface area (Å²) < 4.78 is 5.99. The number of allylic oxidation sites excluding steroid dienone is 1. The molecule has 2 bridgehead atoms. The fourth-order valence-electron chi connectivity index (χ4n) is 4.09. The zero-order valence-corrected chi connectivity index (χ0v) is 15.4. The molecule has 2 fully saturated rings. The third-order valence-electron chi connectivity index (χ3n) is 5.64. The van der Waals surface area contributed by atoms with Gasteiger partial charge >= 0.3 is 0 Å². The molecule has 1 unspecified atom stereocenters. The van der Waals surface area contributed by atoms with Gasteiger partial charge in [-0.1, -0.05) is 42.4 Å². The smallest absolute Gasteiger partial charge is 0.147 e. The molecule has 0 aromatic rings. The van der Waals surface area contributed by atoms with E-state index in [-0.39, 0.29) is 26.6 Å². The largest absolute Gasteiger partial charge is 0.355 e. The van der Waals surface area contributed by atoms with Crippen LogP contribution < -0.4 is 0 Å². The van der Waals surface area contributed by atoms with Crippen molar-refractivity contribution in [3.63, 3.8) is 0 Å². The van der Waals surface area contributed by atoms with Gasteiger partial charge in [0.15, 0.2) is 0 Å². The minimum atomic E-state index is -0.407. The molecule has 106 valence electrons. The Hall–Kier alpha value is 0.690. The Balaban J connectivity index is 2.17. The van der Waals surface area contributed by atoms with E-state index in [0.29, 0.717) is 0 Å². The maximum absolute atomic E-state index is 6.67. The molecule has 0 radical (unpaired) electrons. The lowest BCUT2D eigenvalue weighted by atomic mass is 9.51. The molecule has 1 spiro atoms. The van der Waals surface area contributed by atoms with Crippen LogP contribution >= 0.6 is 43.5 Å². The minimum Gasteiger partial charge on any atom is -0.355 e. The quantitative estimate of drug-likeness (QED) is 0.501. The monoisotopic (exact) mass is 408 g/mol. The minimum absolute atomic E-state index is 0.0457. The van der Waals surface area contributed by atoms with Gasteiger partial charge < -0.3 is 4.74 Å². The van der Waals surface area contributed by atoms with E-state index in [1.807, 2.05) is 0 Å². The van der Waals surface area contributed by atoms with Crippen LogP contribution in [0.5, 0.6) is 0 Å². The van der Waals surface area contributed by atoms with E-state index < -0.39 is 4.51 Å². The summed E-state index contributed by atoms with van der Waals surface area (Å²) in [5.74, 6) is 0. The summed E-state index contributed by atoms with van der Waals surface area (Å²) in [4.78, 5) is -0.00785. The summed E-state index contributed by atoms with van der Waals surface area (Å²) in [6.07, 6.45) is 6.13. The Bertz CT molecular complexity index is 485. The second kappa shape index (κ2) is 3.91. The Morgan fingerprint density at radius 1 is 1.37 bits per heavy atom. The van der Waals surface area contributed by atoms with Gasteiger partial charge in [0.2, 0.25) is 0 Å². The van der Waals surface area contributed by atoms with E-state index in [4.69, 9.17) is 16.3 Å². The van der Waals surface area contributed by atoms with Crippen LogP contribution in [0.2, 0.25) is 0 Å². The third-order valence-corrected chi connectivity index (χ3v) is 9.10. The average molecular weight is 411 g/mol. The van der Waals surface area contributed by atoms with Crippen molar-refractivity contribution >= 4 is 43.5 Å². The normalized spacial score (nSPS) is 55.2. The van der Waals surface area contributed by atoms with Gasteiger partial charge in [0.1, 0.15) is 4.51 Å². The van der Waals surface area contributed by atoms with Crippen LogP contribution in [0.4, 0.5) is 0 Å². The van der Waals surface area contributed by atoms with Crippen LogP contribution in [0, 0.1) is 10.8 Å². The summed E-state index contributed by atoms with van der Waals surface area (Å²) >= 11 is 14.3. The fraction of sp³-hybridized carbons (Fsp3) is 0.733. The highest BCUT2D eigenvalue weighted by Gasteiger charge is 2.72. The lowest BCUT2D eigenvalue weighted by molar-refractivity contribution is 0.00251. The van der Waals surface area contributed by atoms with Crippen molar-refractivity contribution in [3.05, 3.63) is 24.3 Å². The van der Waals surface area contributed by atoms with E-state index in [0.717, 1.165) is 12.8 Å². The number of hydrogen-bond acceptors (Lipinski definition) is 1. The molecule has 1 saturated heterocycles. The highest BCUT2D eigenvalue weighted by atomic mass is 79.9. The van der Waals surface area contributed by atoms with E-state index in [9.17, 15) is 0 Å². The first kappa shape index (κ1) is 14.6. The highest BCUT2D eigenvalue weighted by molar-refractivity contribution is 9.10. The van der Waals surface area contributed by atoms with E-state index in [1.165, 1.54) is 5.57 Å². The summed E-state index contributed by atoms with van der Waals surface area (Å²) in [7, 11) is 0. The predicted octanol–water partition coefficient (Wildman–Crippen LogP) is 5.17. The molecule has 1 aliphatic heterocycles. The number of hydrogen-bond donors (Lipinski definition) is 0. The van der Waals surface area contributed by atoms with Crippen LogP contribution in [0.15, 0.2) is 24.3 Å². The molecule has 2 aliphatic carbocycles. The molecular formula is C15H19Br2ClO. The van der Waals surface area contributed by atoms with Crippen molar-refractivity contribution in [3.8, 4) is 0 Å². The Labute approximate surface area is 137 Å². The standard InChI is InChI=1S/C15H19Br2ClO/c1-9-5-6-15(17)12(2,3)14(9)7-10(16)13(4,18)8-11(14)19-15/h5-6,10-11H,1,7-8H2,2-4H3/t10-,11?,13-,14-,15-/m0/s1. The molecule has 5 atom stereocenters. The van der Waals surface area contributed by atoms with Gasteiger partial charge in [-0.3, -0.25) is 0 Å². The molecule has 3 rings (SSSR count). The van der Waals surface area contributed by atoms with Crippen molar-refractivity contribution in [1.82, 2.24) is 0 Å². The molecule has 0 N–H and O–H groups in total. The average Bonchev–Trinajstić information content (AvgIpc) is 2.38. The number of alkyl halides is 3. The zero-order chi connectivity index (χ0) is 14.3. The molecule has 0 aromatic carbocycles. The summed E-state index contributed by atoms with van der Waals surface area (Å²) in [5.41, 5.74) is 1.08. The third kappa shape index (κ3) is 1.56. The molecule has 19 heavy (non-hydrogen) atoms. The van der Waals surface area contributed by atoms with Crippen molar-refractivity contribution in [2.24, 2.45) is 10.8 Å². The number of fused-ring (bicyclic) bond motifs is 1. The first-order chi connectivity index (χ1) is 8.57. The van der Waals surface area contributed by atoms with Crippen molar-refractivity contribution in [1.29, 1.82) is 0 Å². The summed E-state index contributed by atoms with van der Waals surface area (Å²) in [5, 5.41) is 0. The molecule has 1 heterocycles. The van der Waals surface area contributed by atoms with E-state index >= 15 is 0 Å². The number of ether oxygens (including phenoxy) is 1. The van der Waals surface area contributed by atoms with Gasteiger partial charge in [-0.2, -0.15) is 0 Å². The number of rotatable bonds is 0. The molecule has 0 amide bonds. The lowest BCUT2D eigenvalue weighted by Gasteiger charge is -2.54. The van der Waals surface area contributed by atoms with Crippen LogP contribution in [0.1, 0.15) is 33.6 Å². The maximum atomic E-state index is 6.67. The van der Waals surface area contributed by atoms with Crippen molar-refractivity contribution in [2.45, 2.75) is 53.9 Å². The first-order valence-electron chi connectivity index (χ1n) is 6.65. The predicted molar refractivity (Wildman–Crippen MR) is 87.2 cm³/mol.